The van der Waals surface area contributed by atoms with Gasteiger partial charge in [0.05, 0.1) is 15.5 Å². The highest BCUT2D eigenvalue weighted by atomic mass is 32.2. The summed E-state index contributed by atoms with van der Waals surface area (Å²) >= 11 is 0. The van der Waals surface area contributed by atoms with Crippen LogP contribution < -0.4 is 4.72 Å². The number of benzene rings is 2. The number of aryl methyl sites for hydroxylation is 2. The minimum Gasteiger partial charge on any atom is -0.279 e. The van der Waals surface area contributed by atoms with E-state index in [1.165, 1.54) is 25.1 Å². The maximum atomic E-state index is 13.2. The molecule has 0 fully saturated rings. The Morgan fingerprint density at radius 1 is 1.09 bits per heavy atom. The zero-order valence-electron chi connectivity index (χ0n) is 11.8. The molecule has 2 aromatic rings. The second kappa shape index (κ2) is 5.72. The predicted molar refractivity (Wildman–Crippen MR) is 79.8 cm³/mol. The molecule has 1 N–H and O–H groups in total. The smallest absolute Gasteiger partial charge is 0.271 e. The molecule has 22 heavy (non-hydrogen) atoms. The molecule has 0 aliphatic heterocycles. The number of anilines is 1. The van der Waals surface area contributed by atoms with Gasteiger partial charge in [-0.05, 0) is 43.2 Å². The van der Waals surface area contributed by atoms with Gasteiger partial charge in [-0.25, -0.2) is 12.8 Å². The highest BCUT2D eigenvalue weighted by molar-refractivity contribution is 7.92. The van der Waals surface area contributed by atoms with E-state index in [0.717, 1.165) is 18.2 Å². The van der Waals surface area contributed by atoms with Gasteiger partial charge < -0.3 is 0 Å². The quantitative estimate of drug-likeness (QED) is 0.691. The van der Waals surface area contributed by atoms with Crippen molar-refractivity contribution in [3.63, 3.8) is 0 Å². The molecule has 0 bridgehead atoms. The third kappa shape index (κ3) is 3.22. The fourth-order valence-corrected chi connectivity index (χ4v) is 3.03. The molecule has 0 unspecified atom stereocenters. The molecule has 8 heteroatoms. The van der Waals surface area contributed by atoms with Gasteiger partial charge in [0, 0.05) is 12.1 Å². The molecule has 0 spiro atoms. The van der Waals surface area contributed by atoms with E-state index in [9.17, 15) is 22.9 Å². The third-order valence-electron chi connectivity index (χ3n) is 3.12. The Hall–Kier alpha value is -2.48. The maximum absolute atomic E-state index is 13.2. The number of rotatable bonds is 4. The van der Waals surface area contributed by atoms with Crippen molar-refractivity contribution in [3.8, 4) is 0 Å². The van der Waals surface area contributed by atoms with E-state index in [2.05, 4.69) is 4.72 Å². The van der Waals surface area contributed by atoms with Crippen LogP contribution in [0.1, 0.15) is 11.1 Å². The lowest BCUT2D eigenvalue weighted by Crippen LogP contribution is -2.14. The first-order valence-corrected chi connectivity index (χ1v) is 7.73. The Balaban J connectivity index is 2.42. The molecule has 2 aromatic carbocycles. The zero-order valence-corrected chi connectivity index (χ0v) is 12.6. The predicted octanol–water partition coefficient (Wildman–Crippen LogP) is 3.15. The Morgan fingerprint density at radius 3 is 2.36 bits per heavy atom. The van der Waals surface area contributed by atoms with E-state index in [1.54, 1.807) is 6.92 Å². The monoisotopic (exact) mass is 324 g/mol. The fraction of sp³-hybridized carbons (Fsp3) is 0.143. The molecule has 0 aromatic heterocycles. The van der Waals surface area contributed by atoms with Gasteiger partial charge in [-0.15, -0.1) is 0 Å². The summed E-state index contributed by atoms with van der Waals surface area (Å²) < 4.78 is 40.1. The van der Waals surface area contributed by atoms with E-state index >= 15 is 0 Å². The van der Waals surface area contributed by atoms with E-state index in [4.69, 9.17) is 0 Å². The van der Waals surface area contributed by atoms with Gasteiger partial charge in [0.1, 0.15) is 5.82 Å². The lowest BCUT2D eigenvalue weighted by Gasteiger charge is -2.11. The number of nitrogens with one attached hydrogen (secondary N) is 1. The zero-order chi connectivity index (χ0) is 16.5. The lowest BCUT2D eigenvalue weighted by atomic mass is 10.2. The number of nitro groups is 1. The van der Waals surface area contributed by atoms with Crippen LogP contribution in [0.4, 0.5) is 15.8 Å². The second-order valence-electron chi connectivity index (χ2n) is 4.77. The topological polar surface area (TPSA) is 89.3 Å². The average Bonchev–Trinajstić information content (AvgIpc) is 2.43. The van der Waals surface area contributed by atoms with Crippen LogP contribution in [0.2, 0.25) is 0 Å². The summed E-state index contributed by atoms with van der Waals surface area (Å²) in [6.07, 6.45) is 0. The van der Waals surface area contributed by atoms with Gasteiger partial charge in [-0.1, -0.05) is 6.07 Å². The summed E-state index contributed by atoms with van der Waals surface area (Å²) in [5, 5.41) is 10.8. The van der Waals surface area contributed by atoms with Crippen LogP contribution >= 0.6 is 0 Å². The SMILES string of the molecule is Cc1cc(S(=O)(=O)Nc2cc([N+](=O)[O-])ccc2C)ccc1F. The van der Waals surface area contributed by atoms with Crippen molar-refractivity contribution in [2.24, 2.45) is 0 Å². The Morgan fingerprint density at radius 2 is 1.77 bits per heavy atom. The van der Waals surface area contributed by atoms with Crippen molar-refractivity contribution < 1.29 is 17.7 Å². The van der Waals surface area contributed by atoms with Gasteiger partial charge >= 0.3 is 0 Å². The van der Waals surface area contributed by atoms with Crippen molar-refractivity contribution in [3.05, 3.63) is 63.5 Å². The molecule has 0 saturated carbocycles. The Labute approximate surface area is 126 Å². The normalized spacial score (nSPS) is 11.2. The van der Waals surface area contributed by atoms with Crippen LogP contribution in [0.25, 0.3) is 0 Å². The molecule has 0 aliphatic carbocycles. The molecule has 0 saturated heterocycles. The van der Waals surface area contributed by atoms with Crippen molar-refractivity contribution >= 4 is 21.4 Å². The molecule has 0 radical (unpaired) electrons. The minimum absolute atomic E-state index is 0.108. The van der Waals surface area contributed by atoms with Crippen molar-refractivity contribution in [1.82, 2.24) is 0 Å². The first-order valence-electron chi connectivity index (χ1n) is 6.25. The first-order chi connectivity index (χ1) is 10.2. The van der Waals surface area contributed by atoms with Crippen LogP contribution in [0.15, 0.2) is 41.3 Å². The summed E-state index contributed by atoms with van der Waals surface area (Å²) in [4.78, 5) is 10.0. The number of non-ortho nitro benzene ring substituents is 1. The molecule has 2 rings (SSSR count). The molecular formula is C14H13FN2O4S. The van der Waals surface area contributed by atoms with E-state index in [0.29, 0.717) is 5.56 Å². The number of hydrogen-bond acceptors (Lipinski definition) is 4. The molecule has 0 amide bonds. The Kier molecular flexibility index (Phi) is 4.14. The second-order valence-corrected chi connectivity index (χ2v) is 6.46. The van der Waals surface area contributed by atoms with Crippen LogP contribution in [0.3, 0.4) is 0 Å². The maximum Gasteiger partial charge on any atom is 0.271 e. The minimum atomic E-state index is -3.96. The summed E-state index contributed by atoms with van der Waals surface area (Å²) in [7, 11) is -3.96. The number of halogens is 1. The molecule has 6 nitrogen and oxygen atoms in total. The number of nitrogens with zero attached hydrogens (tertiary/aromatic N) is 1. The highest BCUT2D eigenvalue weighted by Crippen LogP contribution is 2.25. The molecular weight excluding hydrogens is 311 g/mol. The van der Waals surface area contributed by atoms with Crippen LogP contribution in [-0.4, -0.2) is 13.3 Å². The van der Waals surface area contributed by atoms with Gasteiger partial charge in [0.15, 0.2) is 0 Å². The van der Waals surface area contributed by atoms with E-state index in [-0.39, 0.29) is 21.8 Å². The first kappa shape index (κ1) is 15.9. The summed E-state index contributed by atoms with van der Waals surface area (Å²) in [6.45, 7) is 3.07. The summed E-state index contributed by atoms with van der Waals surface area (Å²) in [5.74, 6) is -0.509. The number of hydrogen-bond donors (Lipinski definition) is 1. The summed E-state index contributed by atoms with van der Waals surface area (Å²) in [5.41, 5.74) is 0.612. The average molecular weight is 324 g/mol. The fourth-order valence-electron chi connectivity index (χ4n) is 1.82. The summed E-state index contributed by atoms with van der Waals surface area (Å²) in [6, 6.07) is 7.27. The van der Waals surface area contributed by atoms with Crippen LogP contribution in [-0.2, 0) is 10.0 Å². The van der Waals surface area contributed by atoms with Crippen molar-refractivity contribution in [2.45, 2.75) is 18.7 Å². The highest BCUT2D eigenvalue weighted by Gasteiger charge is 2.18. The molecule has 0 aliphatic rings. The largest absolute Gasteiger partial charge is 0.279 e. The van der Waals surface area contributed by atoms with Gasteiger partial charge in [0.2, 0.25) is 0 Å². The lowest BCUT2D eigenvalue weighted by molar-refractivity contribution is -0.384. The van der Waals surface area contributed by atoms with E-state index < -0.39 is 20.8 Å². The Bertz CT molecular complexity index is 850. The van der Waals surface area contributed by atoms with E-state index in [1.807, 2.05) is 0 Å². The molecule has 0 atom stereocenters. The van der Waals surface area contributed by atoms with Gasteiger partial charge in [0.25, 0.3) is 15.7 Å². The van der Waals surface area contributed by atoms with Crippen LogP contribution in [0, 0.1) is 29.8 Å². The van der Waals surface area contributed by atoms with Crippen molar-refractivity contribution in [2.75, 3.05) is 4.72 Å². The molecule has 0 heterocycles. The van der Waals surface area contributed by atoms with Crippen LogP contribution in [0.5, 0.6) is 0 Å². The molecule has 116 valence electrons. The number of nitro benzene ring substituents is 1. The van der Waals surface area contributed by atoms with Gasteiger partial charge in [-0.3, -0.25) is 14.8 Å². The van der Waals surface area contributed by atoms with Gasteiger partial charge in [-0.2, -0.15) is 0 Å². The van der Waals surface area contributed by atoms with Crippen molar-refractivity contribution in [1.29, 1.82) is 0 Å². The standard InChI is InChI=1S/C14H13FN2O4S/c1-9-3-4-11(17(18)19)8-14(9)16-22(20,21)12-5-6-13(15)10(2)7-12/h3-8,16H,1-2H3. The number of sulfonamides is 1. The third-order valence-corrected chi connectivity index (χ3v) is 4.48.